The molecule has 4 unspecified atom stereocenters. The molecule has 268 valence electrons. The Bertz CT molecular complexity index is 1220. The normalized spacial score (nSPS) is 21.7. The third-order valence-corrected chi connectivity index (χ3v) is 10.4. The molecule has 4 rings (SSSR count). The van der Waals surface area contributed by atoms with Gasteiger partial charge in [-0.3, -0.25) is 9.59 Å². The highest BCUT2D eigenvalue weighted by Crippen LogP contribution is 2.30. The molecule has 0 radical (unpaired) electrons. The molecule has 47 heavy (non-hydrogen) atoms. The predicted octanol–water partition coefficient (Wildman–Crippen LogP) is 8.28. The first-order valence-electron chi connectivity index (χ1n) is 15.6. The van der Waals surface area contributed by atoms with E-state index in [9.17, 15) is 13.8 Å². The van der Waals surface area contributed by atoms with Gasteiger partial charge >= 0.3 is 11.9 Å². The summed E-state index contributed by atoms with van der Waals surface area (Å²) in [5, 5.41) is 4.92. The molecule has 0 aliphatic carbocycles. The van der Waals surface area contributed by atoms with Gasteiger partial charge in [-0.2, -0.15) is 0 Å². The Balaban J connectivity index is 0.000000872. The first-order valence-corrected chi connectivity index (χ1v) is 17.5. The summed E-state index contributed by atoms with van der Waals surface area (Å²) < 4.78 is 24.9. The maximum absolute atomic E-state index is 13.1. The van der Waals surface area contributed by atoms with E-state index in [1.807, 2.05) is 75.3 Å². The smallest absolute Gasteiger partial charge is 0.310 e. The van der Waals surface area contributed by atoms with Crippen molar-refractivity contribution in [3.05, 3.63) is 69.7 Å². The Kier molecular flexibility index (Phi) is 21.7. The van der Waals surface area contributed by atoms with Crippen molar-refractivity contribution < 1.29 is 23.3 Å². The summed E-state index contributed by atoms with van der Waals surface area (Å²) >= 11 is 11.8. The Morgan fingerprint density at radius 3 is 1.72 bits per heavy atom. The zero-order chi connectivity index (χ0) is 32.3. The van der Waals surface area contributed by atoms with Crippen molar-refractivity contribution in [3.8, 4) is 0 Å². The number of carbonyl (C=O) groups excluding carboxylic acids is 2. The molecule has 2 fully saturated rings. The highest BCUT2D eigenvalue weighted by atomic mass is 35.5. The Morgan fingerprint density at radius 2 is 1.28 bits per heavy atom. The van der Waals surface area contributed by atoms with Gasteiger partial charge in [0.15, 0.2) is 0 Å². The Hall–Kier alpha value is -1.39. The van der Waals surface area contributed by atoms with E-state index >= 15 is 0 Å². The van der Waals surface area contributed by atoms with Crippen LogP contribution in [0.15, 0.2) is 48.5 Å². The second-order valence-corrected chi connectivity index (χ2v) is 15.5. The van der Waals surface area contributed by atoms with Gasteiger partial charge < -0.3 is 14.8 Å². The predicted molar refractivity (Wildman–Crippen MR) is 200 cm³/mol. The quantitative estimate of drug-likeness (QED) is 0.260. The number of benzene rings is 2. The van der Waals surface area contributed by atoms with Crippen LogP contribution >= 0.6 is 48.0 Å². The van der Waals surface area contributed by atoms with Crippen molar-refractivity contribution >= 4 is 70.9 Å². The van der Waals surface area contributed by atoms with Crippen molar-refractivity contribution in [2.24, 2.45) is 11.8 Å². The zero-order valence-corrected chi connectivity index (χ0v) is 31.4. The van der Waals surface area contributed by atoms with Crippen molar-refractivity contribution in [2.45, 2.75) is 97.4 Å². The van der Waals surface area contributed by atoms with Gasteiger partial charge in [-0.05, 0) is 109 Å². The number of ether oxygens (including phenoxy) is 2. The molecule has 1 N–H and O–H groups in total. The number of rotatable bonds is 9. The summed E-state index contributed by atoms with van der Waals surface area (Å²) in [5.74, 6) is -0.433. The van der Waals surface area contributed by atoms with Crippen LogP contribution in [0.4, 0.5) is 0 Å². The molecule has 2 aromatic carbocycles. The van der Waals surface area contributed by atoms with Crippen LogP contribution in [-0.2, 0) is 42.9 Å². The molecule has 2 aliphatic rings. The third kappa shape index (κ3) is 14.9. The lowest BCUT2D eigenvalue weighted by Gasteiger charge is -2.40. The monoisotopic (exact) mass is 754 g/mol. The number of nitrogens with zero attached hydrogens (tertiary/aromatic N) is 1. The molecule has 5 atom stereocenters. The molecule has 2 heterocycles. The largest absolute Gasteiger partial charge is 0.466 e. The summed E-state index contributed by atoms with van der Waals surface area (Å²) in [4.78, 5) is 23.8. The van der Waals surface area contributed by atoms with Crippen LogP contribution in [0, 0.1) is 11.8 Å². The standard InChI is InChI=1S/C19H28ClNO3S.C15H20ClNO2.CH4.2ClH/c1-5-24-18(22)15-8-11-17(12-14-6-9-16(20)10-7-14)21(13-15)25(23)19(2,3)4;1-2-19-15(18)12-5-8-14(17-10-12)9-11-3-6-13(16)7-4-11;;;/h6-7,9-10,15,17H,5,8,11-13H2,1-4H3;3-4,6-7,12,14,17H,2,5,8-10H2,1H3;1H4;2*1H/t15?,17?,25-;;;;/m0..../s1. The number of hydrogen-bond acceptors (Lipinski definition) is 6. The second-order valence-electron chi connectivity index (χ2n) is 12.4. The van der Waals surface area contributed by atoms with Crippen LogP contribution in [0.2, 0.25) is 10.0 Å². The van der Waals surface area contributed by atoms with Crippen molar-refractivity contribution in [2.75, 3.05) is 26.3 Å². The van der Waals surface area contributed by atoms with E-state index < -0.39 is 11.0 Å². The van der Waals surface area contributed by atoms with E-state index in [1.54, 1.807) is 0 Å². The first-order chi connectivity index (χ1) is 20.9. The maximum atomic E-state index is 13.1. The summed E-state index contributed by atoms with van der Waals surface area (Å²) in [7, 11) is -1.17. The molecular formula is C35H54Cl4N2O5S. The van der Waals surface area contributed by atoms with E-state index in [1.165, 1.54) is 11.1 Å². The molecule has 2 aromatic rings. The number of halogens is 4. The minimum Gasteiger partial charge on any atom is -0.466 e. The fourth-order valence-electron chi connectivity index (χ4n) is 5.55. The molecular weight excluding hydrogens is 702 g/mol. The van der Waals surface area contributed by atoms with E-state index in [2.05, 4.69) is 17.4 Å². The van der Waals surface area contributed by atoms with E-state index in [-0.39, 0.29) is 66.8 Å². The summed E-state index contributed by atoms with van der Waals surface area (Å²) in [5.41, 5.74) is 2.44. The van der Waals surface area contributed by atoms with Crippen LogP contribution in [0.1, 0.15) is 78.9 Å². The van der Waals surface area contributed by atoms with Gasteiger partial charge in [0.1, 0.15) is 0 Å². The average Bonchev–Trinajstić information content (AvgIpc) is 3.00. The van der Waals surface area contributed by atoms with Gasteiger partial charge in [0.2, 0.25) is 0 Å². The first kappa shape index (κ1) is 45.6. The maximum Gasteiger partial charge on any atom is 0.310 e. The fourth-order valence-corrected chi connectivity index (χ4v) is 7.28. The summed E-state index contributed by atoms with van der Waals surface area (Å²) in [6.45, 7) is 11.6. The van der Waals surface area contributed by atoms with Crippen molar-refractivity contribution in [1.29, 1.82) is 0 Å². The third-order valence-electron chi connectivity index (χ3n) is 7.93. The molecule has 2 saturated heterocycles. The van der Waals surface area contributed by atoms with E-state index in [0.29, 0.717) is 30.8 Å². The number of carbonyl (C=O) groups is 2. The van der Waals surface area contributed by atoms with Gasteiger partial charge in [0.25, 0.3) is 0 Å². The molecule has 0 bridgehead atoms. The summed E-state index contributed by atoms with van der Waals surface area (Å²) in [6, 6.07) is 16.3. The van der Waals surface area contributed by atoms with Crippen molar-refractivity contribution in [1.82, 2.24) is 9.62 Å². The van der Waals surface area contributed by atoms with Gasteiger partial charge in [0, 0.05) is 35.2 Å². The fraction of sp³-hybridized carbons (Fsp3) is 0.600. The lowest BCUT2D eigenvalue weighted by atomic mass is 9.91. The molecule has 0 saturated carbocycles. The SMILES string of the molecule is C.CCOC(=O)C1CCC(Cc2ccc(Cl)cc2)N([S@@](=O)C(C)(C)C)C1.CCOC(=O)C1CCC(Cc2ccc(Cl)cc2)NC1.Cl.Cl. The van der Waals surface area contributed by atoms with Crippen LogP contribution < -0.4 is 5.32 Å². The Labute approximate surface area is 307 Å². The van der Waals surface area contributed by atoms with Crippen LogP contribution in [0.5, 0.6) is 0 Å². The van der Waals surface area contributed by atoms with Gasteiger partial charge in [-0.15, -0.1) is 24.8 Å². The number of piperidine rings is 2. The minimum absolute atomic E-state index is 0. The van der Waals surface area contributed by atoms with E-state index in [4.69, 9.17) is 32.7 Å². The number of nitrogens with one attached hydrogen (secondary N) is 1. The Morgan fingerprint density at radius 1 is 0.809 bits per heavy atom. The van der Waals surface area contributed by atoms with Crippen LogP contribution in [-0.4, -0.2) is 63.6 Å². The molecule has 12 heteroatoms. The highest BCUT2D eigenvalue weighted by Gasteiger charge is 2.39. The van der Waals surface area contributed by atoms with Crippen LogP contribution in [0.3, 0.4) is 0 Å². The second kappa shape index (κ2) is 22.4. The lowest BCUT2D eigenvalue weighted by Crippen LogP contribution is -2.51. The molecule has 0 spiro atoms. The molecule has 0 aromatic heterocycles. The topological polar surface area (TPSA) is 84.9 Å². The highest BCUT2D eigenvalue weighted by molar-refractivity contribution is 7.84. The molecule has 2 aliphatic heterocycles. The molecule has 0 amide bonds. The summed E-state index contributed by atoms with van der Waals surface area (Å²) in [6.07, 6.45) is 5.29. The van der Waals surface area contributed by atoms with Gasteiger partial charge in [-0.25, -0.2) is 8.51 Å². The zero-order valence-electron chi connectivity index (χ0n) is 27.5. The molecule has 7 nitrogen and oxygen atoms in total. The number of esters is 2. The average molecular weight is 757 g/mol. The minimum atomic E-state index is -1.17. The van der Waals surface area contributed by atoms with Gasteiger partial charge in [0.05, 0.1) is 40.8 Å². The van der Waals surface area contributed by atoms with Crippen LogP contribution in [0.25, 0.3) is 0 Å². The van der Waals surface area contributed by atoms with Crippen molar-refractivity contribution in [3.63, 3.8) is 0 Å². The number of hydrogen-bond donors (Lipinski definition) is 1. The lowest BCUT2D eigenvalue weighted by molar-refractivity contribution is -0.150. The van der Waals surface area contributed by atoms with E-state index in [0.717, 1.165) is 50.1 Å². The van der Waals surface area contributed by atoms with Gasteiger partial charge in [-0.1, -0.05) is 54.9 Å².